The van der Waals surface area contributed by atoms with Crippen molar-refractivity contribution in [3.8, 4) is 11.5 Å². The number of ether oxygens (including phenoxy) is 2. The minimum atomic E-state index is -0.185. The molecule has 0 aliphatic heterocycles. The van der Waals surface area contributed by atoms with Crippen LogP contribution in [0.5, 0.6) is 11.5 Å². The van der Waals surface area contributed by atoms with Crippen molar-refractivity contribution in [3.05, 3.63) is 60.0 Å². The summed E-state index contributed by atoms with van der Waals surface area (Å²) >= 11 is 1.19. The number of carbonyl (C=O) groups is 1. The van der Waals surface area contributed by atoms with E-state index in [0.717, 1.165) is 5.56 Å². The molecule has 1 aromatic heterocycles. The van der Waals surface area contributed by atoms with E-state index in [2.05, 4.69) is 15.5 Å². The molecule has 0 bridgehead atoms. The molecule has 0 spiro atoms. The number of methoxy groups -OCH3 is 2. The van der Waals surface area contributed by atoms with Gasteiger partial charge in [0.1, 0.15) is 0 Å². The lowest BCUT2D eigenvalue weighted by Gasteiger charge is -2.10. The zero-order valence-electron chi connectivity index (χ0n) is 15.0. The lowest BCUT2D eigenvalue weighted by atomic mass is 10.2. The van der Waals surface area contributed by atoms with Crippen LogP contribution in [0.15, 0.2) is 58.2 Å². The van der Waals surface area contributed by atoms with Crippen LogP contribution in [0.25, 0.3) is 0 Å². The third-order valence-corrected chi connectivity index (χ3v) is 4.46. The van der Waals surface area contributed by atoms with Gasteiger partial charge in [-0.15, -0.1) is 10.2 Å². The fraction of sp³-hybridized carbons (Fsp3) is 0.211. The molecule has 0 saturated carbocycles. The first kappa shape index (κ1) is 18.8. The first-order valence-electron chi connectivity index (χ1n) is 8.19. The van der Waals surface area contributed by atoms with Crippen LogP contribution in [-0.4, -0.2) is 36.1 Å². The van der Waals surface area contributed by atoms with Crippen molar-refractivity contribution in [1.82, 2.24) is 10.2 Å². The lowest BCUT2D eigenvalue weighted by Crippen LogP contribution is -2.14. The number of aromatic nitrogens is 2. The van der Waals surface area contributed by atoms with Crippen molar-refractivity contribution < 1.29 is 18.7 Å². The number of thioether (sulfide) groups is 1. The Morgan fingerprint density at radius 2 is 1.85 bits per heavy atom. The first-order valence-corrected chi connectivity index (χ1v) is 9.17. The van der Waals surface area contributed by atoms with Gasteiger partial charge >= 0.3 is 0 Å². The van der Waals surface area contributed by atoms with Gasteiger partial charge in [-0.25, -0.2) is 0 Å². The second-order valence-electron chi connectivity index (χ2n) is 5.53. The molecule has 3 aromatic rings. The second-order valence-corrected chi connectivity index (χ2v) is 6.46. The van der Waals surface area contributed by atoms with E-state index in [9.17, 15) is 4.79 Å². The van der Waals surface area contributed by atoms with Crippen LogP contribution >= 0.6 is 11.8 Å². The standard InChI is InChI=1S/C19H19N3O4S/c1-24-15-9-8-14(11-16(15)25-2)20-17(23)12-27-19-22-21-18(26-19)10-13-6-4-3-5-7-13/h3-9,11H,10,12H2,1-2H3,(H,20,23). The van der Waals surface area contributed by atoms with Crippen LogP contribution in [0.4, 0.5) is 5.69 Å². The highest BCUT2D eigenvalue weighted by Gasteiger charge is 2.12. The molecule has 27 heavy (non-hydrogen) atoms. The van der Waals surface area contributed by atoms with E-state index in [-0.39, 0.29) is 11.7 Å². The smallest absolute Gasteiger partial charge is 0.277 e. The Morgan fingerprint density at radius 1 is 1.07 bits per heavy atom. The average molecular weight is 385 g/mol. The molecular formula is C19H19N3O4S. The van der Waals surface area contributed by atoms with E-state index in [1.807, 2.05) is 30.3 Å². The number of hydrogen-bond acceptors (Lipinski definition) is 7. The molecule has 0 aliphatic carbocycles. The van der Waals surface area contributed by atoms with Crippen LogP contribution in [0.1, 0.15) is 11.5 Å². The molecule has 2 aromatic carbocycles. The summed E-state index contributed by atoms with van der Waals surface area (Å²) in [5, 5.41) is 11.2. The fourth-order valence-corrected chi connectivity index (χ4v) is 2.96. The Kier molecular flexibility index (Phi) is 6.32. The number of hydrogen-bond donors (Lipinski definition) is 1. The third kappa shape index (κ3) is 5.24. The van der Waals surface area contributed by atoms with Crippen molar-refractivity contribution >= 4 is 23.4 Å². The molecule has 3 rings (SSSR count). The van der Waals surface area contributed by atoms with Gasteiger partial charge < -0.3 is 19.2 Å². The Morgan fingerprint density at radius 3 is 2.59 bits per heavy atom. The molecule has 0 saturated heterocycles. The van der Waals surface area contributed by atoms with E-state index in [1.54, 1.807) is 32.4 Å². The highest BCUT2D eigenvalue weighted by Crippen LogP contribution is 2.29. The molecule has 1 N–H and O–H groups in total. The Balaban J connectivity index is 1.52. The van der Waals surface area contributed by atoms with Crippen LogP contribution < -0.4 is 14.8 Å². The highest BCUT2D eigenvalue weighted by molar-refractivity contribution is 7.99. The van der Waals surface area contributed by atoms with E-state index in [1.165, 1.54) is 11.8 Å². The quantitative estimate of drug-likeness (QED) is 0.595. The van der Waals surface area contributed by atoms with Crippen molar-refractivity contribution in [2.24, 2.45) is 0 Å². The summed E-state index contributed by atoms with van der Waals surface area (Å²) in [6, 6.07) is 15.0. The molecule has 1 heterocycles. The van der Waals surface area contributed by atoms with E-state index in [4.69, 9.17) is 13.9 Å². The molecular weight excluding hydrogens is 366 g/mol. The maximum absolute atomic E-state index is 12.1. The van der Waals surface area contributed by atoms with Gasteiger partial charge in [0, 0.05) is 11.8 Å². The summed E-state index contributed by atoms with van der Waals surface area (Å²) < 4.78 is 16.0. The van der Waals surface area contributed by atoms with Crippen LogP contribution in [0.2, 0.25) is 0 Å². The summed E-state index contributed by atoms with van der Waals surface area (Å²) in [5.41, 5.74) is 1.71. The van der Waals surface area contributed by atoms with Gasteiger partial charge in [-0.2, -0.15) is 0 Å². The minimum Gasteiger partial charge on any atom is -0.493 e. The van der Waals surface area contributed by atoms with Crippen molar-refractivity contribution in [2.45, 2.75) is 11.6 Å². The van der Waals surface area contributed by atoms with Gasteiger partial charge in [0.2, 0.25) is 11.8 Å². The van der Waals surface area contributed by atoms with Gasteiger partial charge in [0.15, 0.2) is 11.5 Å². The lowest BCUT2D eigenvalue weighted by molar-refractivity contribution is -0.113. The van der Waals surface area contributed by atoms with Crippen molar-refractivity contribution in [3.63, 3.8) is 0 Å². The van der Waals surface area contributed by atoms with Gasteiger partial charge in [-0.3, -0.25) is 4.79 Å². The molecule has 0 aliphatic rings. The van der Waals surface area contributed by atoms with Gasteiger partial charge in [-0.1, -0.05) is 42.1 Å². The van der Waals surface area contributed by atoms with Crippen molar-refractivity contribution in [2.75, 3.05) is 25.3 Å². The Labute approximate surface area is 161 Å². The highest BCUT2D eigenvalue weighted by atomic mass is 32.2. The fourth-order valence-electron chi connectivity index (χ4n) is 2.38. The summed E-state index contributed by atoms with van der Waals surface area (Å²) in [6.45, 7) is 0. The number of carbonyl (C=O) groups excluding carboxylic acids is 1. The molecule has 0 fully saturated rings. The summed E-state index contributed by atoms with van der Waals surface area (Å²) in [6.07, 6.45) is 0.562. The molecule has 8 heteroatoms. The molecule has 0 radical (unpaired) electrons. The molecule has 1 amide bonds. The average Bonchev–Trinajstić information content (AvgIpc) is 3.14. The largest absolute Gasteiger partial charge is 0.493 e. The van der Waals surface area contributed by atoms with E-state index < -0.39 is 0 Å². The summed E-state index contributed by atoms with van der Waals surface area (Å²) in [4.78, 5) is 12.1. The number of anilines is 1. The van der Waals surface area contributed by atoms with Crippen LogP contribution in [0.3, 0.4) is 0 Å². The summed E-state index contributed by atoms with van der Waals surface area (Å²) in [5.74, 6) is 1.63. The van der Waals surface area contributed by atoms with E-state index in [0.29, 0.717) is 34.7 Å². The zero-order valence-corrected chi connectivity index (χ0v) is 15.8. The predicted molar refractivity (Wildman–Crippen MR) is 102 cm³/mol. The Hall–Kier alpha value is -3.00. The number of amides is 1. The summed E-state index contributed by atoms with van der Waals surface area (Å²) in [7, 11) is 3.10. The first-order chi connectivity index (χ1) is 13.2. The number of nitrogens with zero attached hydrogens (tertiary/aromatic N) is 2. The number of nitrogens with one attached hydrogen (secondary N) is 1. The zero-order chi connectivity index (χ0) is 19.1. The van der Waals surface area contributed by atoms with Gasteiger partial charge in [0.05, 0.1) is 26.4 Å². The molecule has 0 unspecified atom stereocenters. The van der Waals surface area contributed by atoms with Gasteiger partial charge in [-0.05, 0) is 17.7 Å². The van der Waals surface area contributed by atoms with Gasteiger partial charge in [0.25, 0.3) is 5.22 Å². The monoisotopic (exact) mass is 385 g/mol. The van der Waals surface area contributed by atoms with Crippen molar-refractivity contribution in [1.29, 1.82) is 0 Å². The molecule has 140 valence electrons. The third-order valence-electron chi connectivity index (χ3n) is 3.64. The Bertz CT molecular complexity index is 899. The predicted octanol–water partition coefficient (Wildman–Crippen LogP) is 3.41. The normalized spacial score (nSPS) is 10.4. The van der Waals surface area contributed by atoms with Crippen LogP contribution in [-0.2, 0) is 11.2 Å². The van der Waals surface area contributed by atoms with Crippen LogP contribution in [0, 0.1) is 0 Å². The number of rotatable bonds is 8. The number of benzene rings is 2. The maximum atomic E-state index is 12.1. The maximum Gasteiger partial charge on any atom is 0.277 e. The minimum absolute atomic E-state index is 0.154. The topological polar surface area (TPSA) is 86.5 Å². The second kappa shape index (κ2) is 9.09. The molecule has 0 atom stereocenters. The van der Waals surface area contributed by atoms with E-state index >= 15 is 0 Å². The molecule has 7 nitrogen and oxygen atoms in total. The SMILES string of the molecule is COc1ccc(NC(=O)CSc2nnc(Cc3ccccc3)o2)cc1OC.